The van der Waals surface area contributed by atoms with Crippen LogP contribution in [0, 0.1) is 29.6 Å². The molecule has 4 bridgehead atoms. The number of fused-ring (bicyclic) bond motifs is 1. The zero-order valence-corrected chi connectivity index (χ0v) is 15.5. The largest absolute Gasteiger partial charge is 0.357 e. The molecular weight excluding hydrogens is 324 g/mol. The van der Waals surface area contributed by atoms with Crippen LogP contribution in [0.1, 0.15) is 43.2 Å². The Labute approximate surface area is 155 Å². The third kappa shape index (κ3) is 2.49. The van der Waals surface area contributed by atoms with Crippen LogP contribution >= 0.6 is 0 Å². The number of likely N-dealkylation sites (N-methyl/N-ethyl adjacent to an activating group) is 1. The molecule has 1 aromatic carbocycles. The van der Waals surface area contributed by atoms with Crippen LogP contribution in [0.5, 0.6) is 0 Å². The molecule has 4 fully saturated rings. The van der Waals surface area contributed by atoms with Gasteiger partial charge in [0.25, 0.3) is 0 Å². The lowest BCUT2D eigenvalue weighted by atomic mass is 9.51. The van der Waals surface area contributed by atoms with E-state index in [1.54, 1.807) is 7.05 Å². The Morgan fingerprint density at radius 3 is 2.19 bits per heavy atom. The first-order valence-electron chi connectivity index (χ1n) is 10.2. The monoisotopic (exact) mass is 352 g/mol. The van der Waals surface area contributed by atoms with E-state index in [1.165, 1.54) is 43.2 Å². The molecule has 138 valence electrons. The zero-order chi connectivity index (χ0) is 17.8. The molecule has 0 aromatic heterocycles. The quantitative estimate of drug-likeness (QED) is 0.890. The Hall–Kier alpha value is -1.84. The molecule has 2 amide bonds. The first-order chi connectivity index (χ1) is 12.6. The molecular formula is C22H28N2O2. The number of hydrogen-bond acceptors (Lipinski definition) is 2. The molecule has 4 saturated carbocycles. The van der Waals surface area contributed by atoms with E-state index in [-0.39, 0.29) is 23.8 Å². The van der Waals surface area contributed by atoms with E-state index in [0.29, 0.717) is 24.8 Å². The first-order valence-corrected chi connectivity index (χ1v) is 10.2. The van der Waals surface area contributed by atoms with Gasteiger partial charge in [-0.25, -0.2) is 0 Å². The lowest BCUT2D eigenvalue weighted by Gasteiger charge is -2.55. The average Bonchev–Trinajstić information content (AvgIpc) is 2.65. The van der Waals surface area contributed by atoms with Gasteiger partial charge in [0.05, 0.1) is 0 Å². The highest BCUT2D eigenvalue weighted by molar-refractivity contribution is 5.89. The molecule has 1 heterocycles. The molecule has 26 heavy (non-hydrogen) atoms. The molecule has 4 heteroatoms. The number of rotatable bonds is 2. The van der Waals surface area contributed by atoms with Gasteiger partial charge in [0.15, 0.2) is 0 Å². The summed E-state index contributed by atoms with van der Waals surface area (Å²) in [6.45, 7) is 0.579. The van der Waals surface area contributed by atoms with Gasteiger partial charge in [-0.05, 0) is 66.9 Å². The van der Waals surface area contributed by atoms with Crippen molar-refractivity contribution in [2.75, 3.05) is 7.05 Å². The van der Waals surface area contributed by atoms with Crippen LogP contribution < -0.4 is 5.32 Å². The highest BCUT2D eigenvalue weighted by Crippen LogP contribution is 2.57. The molecule has 1 aromatic rings. The molecule has 0 saturated heterocycles. The van der Waals surface area contributed by atoms with Crippen LogP contribution in [0.4, 0.5) is 0 Å². The summed E-state index contributed by atoms with van der Waals surface area (Å²) in [6, 6.07) is 7.89. The van der Waals surface area contributed by atoms with E-state index in [2.05, 4.69) is 17.4 Å². The van der Waals surface area contributed by atoms with Crippen molar-refractivity contribution >= 4 is 11.8 Å². The number of nitrogens with zero attached hydrogens (tertiary/aromatic N) is 1. The van der Waals surface area contributed by atoms with E-state index >= 15 is 0 Å². The molecule has 6 rings (SSSR count). The maximum absolute atomic E-state index is 13.7. The van der Waals surface area contributed by atoms with Crippen molar-refractivity contribution in [2.24, 2.45) is 29.6 Å². The lowest BCUT2D eigenvalue weighted by Crippen LogP contribution is -2.57. The second kappa shape index (κ2) is 6.11. The van der Waals surface area contributed by atoms with Crippen LogP contribution in [-0.4, -0.2) is 29.8 Å². The second-order valence-electron chi connectivity index (χ2n) is 9.03. The molecule has 5 aliphatic rings. The molecule has 0 radical (unpaired) electrons. The summed E-state index contributed by atoms with van der Waals surface area (Å²) in [5, 5.41) is 2.78. The standard InChI is InChI=1S/C22H28N2O2/c1-23-21(25)19-11-15-4-2-3-5-16(15)12-24(19)22(26)20-17-7-13-6-14(9-17)10-18(20)8-13/h2-5,13-14,17-20H,6-12H2,1H3,(H,23,25)/t13?,14?,17?,18?,19-,20?/m0/s1. The minimum absolute atomic E-state index is 0.0309. The molecule has 0 spiro atoms. The first kappa shape index (κ1) is 16.3. The van der Waals surface area contributed by atoms with Crippen molar-refractivity contribution in [1.29, 1.82) is 0 Å². The van der Waals surface area contributed by atoms with Crippen LogP contribution in [0.15, 0.2) is 24.3 Å². The topological polar surface area (TPSA) is 49.4 Å². The predicted molar refractivity (Wildman–Crippen MR) is 99.1 cm³/mol. The summed E-state index contributed by atoms with van der Waals surface area (Å²) >= 11 is 0. The number of nitrogens with one attached hydrogen (secondary N) is 1. The fourth-order valence-electron chi connectivity index (χ4n) is 6.68. The minimum atomic E-state index is -0.361. The SMILES string of the molecule is CNC(=O)[C@@H]1Cc2ccccc2CN1C(=O)C1C2CC3CC(C2)CC1C3. The normalized spacial score (nSPS) is 37.3. The Bertz CT molecular complexity index is 715. The van der Waals surface area contributed by atoms with Crippen molar-refractivity contribution in [3.8, 4) is 0 Å². The highest BCUT2D eigenvalue weighted by Gasteiger charge is 2.52. The molecule has 4 nitrogen and oxygen atoms in total. The number of carbonyl (C=O) groups is 2. The summed E-state index contributed by atoms with van der Waals surface area (Å²) in [5.41, 5.74) is 2.40. The molecule has 1 atom stereocenters. The van der Waals surface area contributed by atoms with Crippen LogP contribution in [0.25, 0.3) is 0 Å². The molecule has 1 N–H and O–H groups in total. The third-order valence-electron chi connectivity index (χ3n) is 7.59. The van der Waals surface area contributed by atoms with E-state index in [4.69, 9.17) is 0 Å². The number of benzene rings is 1. The fourth-order valence-corrected chi connectivity index (χ4v) is 6.68. The van der Waals surface area contributed by atoms with Crippen LogP contribution in [-0.2, 0) is 22.6 Å². The summed E-state index contributed by atoms with van der Waals surface area (Å²) in [4.78, 5) is 28.2. The van der Waals surface area contributed by atoms with Crippen molar-refractivity contribution in [3.63, 3.8) is 0 Å². The van der Waals surface area contributed by atoms with Gasteiger partial charge in [-0.1, -0.05) is 24.3 Å². The van der Waals surface area contributed by atoms with Gasteiger partial charge in [0.2, 0.25) is 11.8 Å². The maximum atomic E-state index is 13.7. The summed E-state index contributed by atoms with van der Waals surface area (Å²) in [5.74, 6) is 3.21. The van der Waals surface area contributed by atoms with E-state index in [1.807, 2.05) is 17.0 Å². The van der Waals surface area contributed by atoms with Gasteiger partial charge in [-0.15, -0.1) is 0 Å². The Kier molecular flexibility index (Phi) is 3.84. The molecule has 0 unspecified atom stereocenters. The molecule has 4 aliphatic carbocycles. The minimum Gasteiger partial charge on any atom is -0.357 e. The van der Waals surface area contributed by atoms with Gasteiger partial charge in [-0.3, -0.25) is 9.59 Å². The Balaban J connectivity index is 1.45. The van der Waals surface area contributed by atoms with E-state index in [0.717, 1.165) is 11.8 Å². The Morgan fingerprint density at radius 2 is 1.58 bits per heavy atom. The lowest BCUT2D eigenvalue weighted by molar-refractivity contribution is -0.156. The van der Waals surface area contributed by atoms with Crippen molar-refractivity contribution in [2.45, 2.75) is 51.1 Å². The second-order valence-corrected chi connectivity index (χ2v) is 9.03. The van der Waals surface area contributed by atoms with Crippen molar-refractivity contribution in [1.82, 2.24) is 10.2 Å². The van der Waals surface area contributed by atoms with Crippen LogP contribution in [0.2, 0.25) is 0 Å². The van der Waals surface area contributed by atoms with Gasteiger partial charge in [0, 0.05) is 25.9 Å². The van der Waals surface area contributed by atoms with Crippen molar-refractivity contribution in [3.05, 3.63) is 35.4 Å². The van der Waals surface area contributed by atoms with E-state index < -0.39 is 0 Å². The van der Waals surface area contributed by atoms with Gasteiger partial charge >= 0.3 is 0 Å². The summed E-state index contributed by atoms with van der Waals surface area (Å²) < 4.78 is 0. The molecule has 1 aliphatic heterocycles. The number of carbonyl (C=O) groups excluding carboxylic acids is 2. The van der Waals surface area contributed by atoms with Crippen molar-refractivity contribution < 1.29 is 9.59 Å². The summed E-state index contributed by atoms with van der Waals surface area (Å²) in [7, 11) is 1.67. The third-order valence-corrected chi connectivity index (χ3v) is 7.59. The summed E-state index contributed by atoms with van der Waals surface area (Å²) in [6.07, 6.45) is 6.97. The fraction of sp³-hybridized carbons (Fsp3) is 0.636. The maximum Gasteiger partial charge on any atom is 0.242 e. The average molecular weight is 352 g/mol. The van der Waals surface area contributed by atoms with Gasteiger partial charge in [-0.2, -0.15) is 0 Å². The van der Waals surface area contributed by atoms with E-state index in [9.17, 15) is 9.59 Å². The number of hydrogen-bond donors (Lipinski definition) is 1. The Morgan fingerprint density at radius 1 is 0.962 bits per heavy atom. The highest BCUT2D eigenvalue weighted by atomic mass is 16.2. The number of amides is 2. The van der Waals surface area contributed by atoms with Gasteiger partial charge in [0.1, 0.15) is 6.04 Å². The predicted octanol–water partition coefficient (Wildman–Crippen LogP) is 2.76. The van der Waals surface area contributed by atoms with Crippen LogP contribution in [0.3, 0.4) is 0 Å². The van der Waals surface area contributed by atoms with Gasteiger partial charge < -0.3 is 10.2 Å². The zero-order valence-electron chi connectivity index (χ0n) is 15.5. The smallest absolute Gasteiger partial charge is 0.242 e.